The molecule has 0 bridgehead atoms. The lowest BCUT2D eigenvalue weighted by atomic mass is 10.1. The first-order chi connectivity index (χ1) is 9.87. The first-order valence-corrected chi connectivity index (χ1v) is 8.98. The van der Waals surface area contributed by atoms with Crippen molar-refractivity contribution in [2.24, 2.45) is 5.92 Å². The molecule has 2 heterocycles. The summed E-state index contributed by atoms with van der Waals surface area (Å²) < 4.78 is 22.6. The van der Waals surface area contributed by atoms with Crippen molar-refractivity contribution in [1.82, 2.24) is 10.3 Å². The van der Waals surface area contributed by atoms with Crippen LogP contribution in [-0.4, -0.2) is 43.9 Å². The minimum Gasteiger partial charge on any atom is -0.367 e. The number of amides is 1. The molecule has 6 nitrogen and oxygen atoms in total. The minimum absolute atomic E-state index is 0.0587. The van der Waals surface area contributed by atoms with E-state index in [1.165, 1.54) is 6.20 Å². The molecule has 21 heavy (non-hydrogen) atoms. The summed E-state index contributed by atoms with van der Waals surface area (Å²) in [7, 11) is -3.04. The van der Waals surface area contributed by atoms with Crippen molar-refractivity contribution in [1.29, 1.82) is 0 Å². The van der Waals surface area contributed by atoms with Crippen LogP contribution in [0.5, 0.6) is 0 Å². The fraction of sp³-hybridized carbons (Fsp3) is 0.500. The van der Waals surface area contributed by atoms with Gasteiger partial charge in [0.2, 0.25) is 5.91 Å². The number of aromatic nitrogens is 1. The number of anilines is 1. The molecule has 1 fully saturated rings. The second-order valence-corrected chi connectivity index (χ2v) is 7.87. The van der Waals surface area contributed by atoms with E-state index in [4.69, 9.17) is 23.2 Å². The second kappa shape index (κ2) is 6.81. The van der Waals surface area contributed by atoms with E-state index in [1.54, 1.807) is 6.07 Å². The summed E-state index contributed by atoms with van der Waals surface area (Å²) >= 11 is 11.7. The zero-order valence-electron chi connectivity index (χ0n) is 11.1. The standard InChI is InChI=1S/C12H15Cl2N3O3S/c13-9-5-10(14)11(17-6-9)15-2-3-16-12(18)8-1-4-21(19,20)7-8/h5-6,8H,1-4,7H2,(H,15,17)(H,16,18)/t8-/m0/s1. The predicted molar refractivity (Wildman–Crippen MR) is 82.5 cm³/mol. The monoisotopic (exact) mass is 351 g/mol. The van der Waals surface area contributed by atoms with Crippen LogP contribution in [0.1, 0.15) is 6.42 Å². The van der Waals surface area contributed by atoms with E-state index in [9.17, 15) is 13.2 Å². The maximum Gasteiger partial charge on any atom is 0.224 e. The molecule has 1 aliphatic rings. The summed E-state index contributed by atoms with van der Waals surface area (Å²) in [4.78, 5) is 15.8. The van der Waals surface area contributed by atoms with Gasteiger partial charge in [-0.3, -0.25) is 4.79 Å². The molecule has 0 spiro atoms. The van der Waals surface area contributed by atoms with E-state index < -0.39 is 15.8 Å². The summed E-state index contributed by atoms with van der Waals surface area (Å²) in [5, 5.41) is 6.51. The highest BCUT2D eigenvalue weighted by atomic mass is 35.5. The third-order valence-electron chi connectivity index (χ3n) is 3.13. The van der Waals surface area contributed by atoms with Crippen molar-refractivity contribution in [2.45, 2.75) is 6.42 Å². The van der Waals surface area contributed by atoms with Gasteiger partial charge in [-0.25, -0.2) is 13.4 Å². The summed E-state index contributed by atoms with van der Waals surface area (Å²) in [5.74, 6) is -0.149. The number of sulfone groups is 1. The number of pyridine rings is 1. The third-order valence-corrected chi connectivity index (χ3v) is 5.39. The highest BCUT2D eigenvalue weighted by Crippen LogP contribution is 2.22. The van der Waals surface area contributed by atoms with Gasteiger partial charge in [-0.15, -0.1) is 0 Å². The number of carbonyl (C=O) groups is 1. The average molecular weight is 352 g/mol. The molecule has 0 aliphatic carbocycles. The minimum atomic E-state index is -3.04. The number of nitrogens with zero attached hydrogens (tertiary/aromatic N) is 1. The molecule has 1 saturated heterocycles. The van der Waals surface area contributed by atoms with Crippen molar-refractivity contribution in [3.8, 4) is 0 Å². The van der Waals surface area contributed by atoms with E-state index in [1.807, 2.05) is 0 Å². The van der Waals surface area contributed by atoms with E-state index in [0.29, 0.717) is 35.4 Å². The number of carbonyl (C=O) groups excluding carboxylic acids is 1. The maximum atomic E-state index is 11.8. The molecular weight excluding hydrogens is 337 g/mol. The first kappa shape index (κ1) is 16.3. The second-order valence-electron chi connectivity index (χ2n) is 4.80. The topological polar surface area (TPSA) is 88.2 Å². The van der Waals surface area contributed by atoms with Gasteiger partial charge in [0.25, 0.3) is 0 Å². The van der Waals surface area contributed by atoms with Crippen molar-refractivity contribution in [3.63, 3.8) is 0 Å². The normalized spacial score (nSPS) is 20.2. The molecule has 0 saturated carbocycles. The van der Waals surface area contributed by atoms with Crippen molar-refractivity contribution in [3.05, 3.63) is 22.3 Å². The predicted octanol–water partition coefficient (Wildman–Crippen LogP) is 1.35. The Morgan fingerprint density at radius 3 is 2.76 bits per heavy atom. The zero-order chi connectivity index (χ0) is 15.5. The molecule has 2 rings (SSSR count). The third kappa shape index (κ3) is 4.72. The zero-order valence-corrected chi connectivity index (χ0v) is 13.4. The van der Waals surface area contributed by atoms with E-state index in [0.717, 1.165) is 0 Å². The summed E-state index contributed by atoms with van der Waals surface area (Å²) in [6.45, 7) is 0.787. The highest BCUT2D eigenvalue weighted by Gasteiger charge is 2.32. The lowest BCUT2D eigenvalue weighted by molar-refractivity contribution is -0.124. The molecule has 9 heteroatoms. The van der Waals surface area contributed by atoms with Gasteiger partial charge in [0.05, 0.1) is 27.5 Å². The molecule has 1 aromatic heterocycles. The lowest BCUT2D eigenvalue weighted by Crippen LogP contribution is -2.34. The number of hydrogen-bond acceptors (Lipinski definition) is 5. The molecule has 1 amide bonds. The highest BCUT2D eigenvalue weighted by molar-refractivity contribution is 7.91. The first-order valence-electron chi connectivity index (χ1n) is 6.40. The molecule has 0 aromatic carbocycles. The molecular formula is C12H15Cl2N3O3S. The van der Waals surface area contributed by atoms with Gasteiger partial charge in [0, 0.05) is 19.3 Å². The Labute approximate surface area is 133 Å². The van der Waals surface area contributed by atoms with Crippen molar-refractivity contribution in [2.75, 3.05) is 29.9 Å². The quantitative estimate of drug-likeness (QED) is 0.781. The van der Waals surface area contributed by atoms with Crippen molar-refractivity contribution >= 4 is 44.8 Å². The van der Waals surface area contributed by atoms with Crippen LogP contribution in [0.25, 0.3) is 0 Å². The van der Waals surface area contributed by atoms with Crippen molar-refractivity contribution < 1.29 is 13.2 Å². The van der Waals surface area contributed by atoms with E-state index in [-0.39, 0.29) is 17.4 Å². The fourth-order valence-corrected chi connectivity index (χ4v) is 4.25. The van der Waals surface area contributed by atoms with Gasteiger partial charge < -0.3 is 10.6 Å². The average Bonchev–Trinajstić information content (AvgIpc) is 2.77. The van der Waals surface area contributed by atoms with Crippen LogP contribution in [0, 0.1) is 5.92 Å². The van der Waals surface area contributed by atoms with Crippen LogP contribution in [0.2, 0.25) is 10.0 Å². The van der Waals surface area contributed by atoms with Gasteiger partial charge >= 0.3 is 0 Å². The Hall–Kier alpha value is -1.05. The van der Waals surface area contributed by atoms with Crippen LogP contribution >= 0.6 is 23.2 Å². The fourth-order valence-electron chi connectivity index (χ4n) is 2.06. The van der Waals surface area contributed by atoms with Crippen LogP contribution in [-0.2, 0) is 14.6 Å². The molecule has 116 valence electrons. The number of rotatable bonds is 5. The van der Waals surface area contributed by atoms with Gasteiger partial charge in [0.15, 0.2) is 9.84 Å². The molecule has 0 unspecified atom stereocenters. The molecule has 2 N–H and O–H groups in total. The summed E-state index contributed by atoms with van der Waals surface area (Å²) in [6, 6.07) is 1.57. The Balaban J connectivity index is 1.73. The van der Waals surface area contributed by atoms with E-state index in [2.05, 4.69) is 15.6 Å². The van der Waals surface area contributed by atoms with Gasteiger partial charge in [-0.1, -0.05) is 23.2 Å². The Morgan fingerprint density at radius 1 is 1.38 bits per heavy atom. The molecule has 1 aliphatic heterocycles. The smallest absolute Gasteiger partial charge is 0.224 e. The molecule has 0 radical (unpaired) electrons. The van der Waals surface area contributed by atoms with Crippen LogP contribution in [0.4, 0.5) is 5.82 Å². The summed E-state index contributed by atoms with van der Waals surface area (Å²) in [6.07, 6.45) is 1.86. The maximum absolute atomic E-state index is 11.8. The lowest BCUT2D eigenvalue weighted by Gasteiger charge is -2.11. The number of nitrogens with one attached hydrogen (secondary N) is 2. The molecule has 1 aromatic rings. The number of hydrogen-bond donors (Lipinski definition) is 2. The van der Waals surface area contributed by atoms with Gasteiger partial charge in [-0.05, 0) is 12.5 Å². The van der Waals surface area contributed by atoms with Gasteiger partial charge in [-0.2, -0.15) is 0 Å². The summed E-state index contributed by atoms with van der Waals surface area (Å²) in [5.41, 5.74) is 0. The largest absolute Gasteiger partial charge is 0.367 e. The van der Waals surface area contributed by atoms with Crippen LogP contribution in [0.3, 0.4) is 0 Å². The Bertz CT molecular complexity index is 637. The SMILES string of the molecule is O=C(NCCNc1ncc(Cl)cc1Cl)[C@H]1CCS(=O)(=O)C1. The Morgan fingerprint density at radius 2 is 2.14 bits per heavy atom. The van der Waals surface area contributed by atoms with Gasteiger partial charge in [0.1, 0.15) is 5.82 Å². The van der Waals surface area contributed by atoms with E-state index >= 15 is 0 Å². The number of halogens is 2. The van der Waals surface area contributed by atoms with Crippen LogP contribution in [0.15, 0.2) is 12.3 Å². The van der Waals surface area contributed by atoms with Crippen LogP contribution < -0.4 is 10.6 Å². The Kier molecular flexibility index (Phi) is 5.29. The molecule has 1 atom stereocenters.